The highest BCUT2D eigenvalue weighted by Crippen LogP contribution is 2.41. The molecule has 0 unspecified atom stereocenters. The second kappa shape index (κ2) is 19.0. The molecule has 0 saturated carbocycles. The van der Waals surface area contributed by atoms with Crippen LogP contribution in [0.25, 0.3) is 6.08 Å². The third-order valence-electron chi connectivity index (χ3n) is 10.1. The van der Waals surface area contributed by atoms with Gasteiger partial charge in [0.15, 0.2) is 6.10 Å². The normalized spacial score (nSPS) is 16.7. The van der Waals surface area contributed by atoms with Crippen molar-refractivity contribution < 1.29 is 23.7 Å². The first kappa shape index (κ1) is 38.2. The lowest BCUT2D eigenvalue weighted by atomic mass is 9.80. The van der Waals surface area contributed by atoms with Crippen LogP contribution >= 0.6 is 0 Å². The van der Waals surface area contributed by atoms with E-state index in [1.54, 1.807) is 11.0 Å². The molecule has 56 heavy (non-hydrogen) atoms. The van der Waals surface area contributed by atoms with Gasteiger partial charge in [0.2, 0.25) is 0 Å². The zero-order valence-electron chi connectivity index (χ0n) is 31.4. The molecule has 1 heterocycles. The lowest BCUT2D eigenvalue weighted by Gasteiger charge is -2.39. The first-order valence-corrected chi connectivity index (χ1v) is 19.1. The number of amides is 1. The smallest absolute Gasteiger partial charge is 0.411 e. The van der Waals surface area contributed by atoms with Crippen LogP contribution in [0.2, 0.25) is 0 Å². The number of hydrogen-bond acceptors (Lipinski definition) is 5. The molecule has 1 saturated heterocycles. The number of carbonyl (C=O) groups is 1. The SMILES string of the molecule is C=CCN1C(=O)O[C@@H]([C@H](OCc2ccccc2)[C@H](COC(c2ccccc2)(c2ccccc2)c2ccccc2)OCc2ccccc2)[C@H]1/C=C/c1ccccc1. The molecule has 282 valence electrons. The molecule has 0 aliphatic carbocycles. The maximum atomic E-state index is 13.7. The number of ether oxygens (including phenoxy) is 4. The summed E-state index contributed by atoms with van der Waals surface area (Å²) < 4.78 is 27.6. The standard InChI is InChI=1S/C50H47NO5/c1-2-35-51-45(34-33-39-21-9-3-10-22-39)47(56-49(51)52)48(54-37-41-25-13-5-14-26-41)46(53-36-40-23-11-4-12-24-40)38-55-50(42-27-15-6-16-28-42,43-29-17-7-18-30-43)44-31-19-8-20-32-44/h2-34,45-48H,1,35-38H2/b34-33+/t45-,46+,47-,48-/m1/s1. The molecule has 1 aliphatic rings. The van der Waals surface area contributed by atoms with Gasteiger partial charge in [-0.2, -0.15) is 0 Å². The van der Waals surface area contributed by atoms with Crippen LogP contribution in [-0.2, 0) is 37.8 Å². The van der Waals surface area contributed by atoms with Crippen LogP contribution in [0, 0.1) is 0 Å². The number of nitrogens with zero attached hydrogens (tertiary/aromatic N) is 1. The number of hydrogen-bond donors (Lipinski definition) is 0. The molecule has 0 N–H and O–H groups in total. The van der Waals surface area contributed by atoms with Gasteiger partial charge in [0, 0.05) is 6.54 Å². The van der Waals surface area contributed by atoms with Crippen LogP contribution < -0.4 is 0 Å². The molecular formula is C50H47NO5. The predicted octanol–water partition coefficient (Wildman–Crippen LogP) is 10.3. The quantitative estimate of drug-likeness (QED) is 0.0649. The molecule has 0 radical (unpaired) electrons. The van der Waals surface area contributed by atoms with E-state index in [9.17, 15) is 4.79 Å². The molecule has 6 nitrogen and oxygen atoms in total. The highest BCUT2D eigenvalue weighted by molar-refractivity contribution is 5.72. The van der Waals surface area contributed by atoms with E-state index in [0.717, 1.165) is 33.4 Å². The van der Waals surface area contributed by atoms with Crippen molar-refractivity contribution in [2.45, 2.75) is 43.2 Å². The maximum Gasteiger partial charge on any atom is 0.411 e. The Morgan fingerprint density at radius 1 is 0.625 bits per heavy atom. The molecule has 1 fully saturated rings. The Morgan fingerprint density at radius 3 is 1.55 bits per heavy atom. The fourth-order valence-electron chi connectivity index (χ4n) is 7.31. The van der Waals surface area contributed by atoms with Crippen molar-refractivity contribution in [2.75, 3.05) is 13.2 Å². The number of benzene rings is 6. The molecule has 1 amide bonds. The Hall–Kier alpha value is -6.05. The minimum atomic E-state index is -1.02. The topological polar surface area (TPSA) is 57.2 Å². The number of cyclic esters (lactones) is 1. The van der Waals surface area contributed by atoms with E-state index >= 15 is 0 Å². The molecule has 6 aromatic rings. The summed E-state index contributed by atoms with van der Waals surface area (Å²) in [5, 5.41) is 0. The third kappa shape index (κ3) is 9.07. The lowest BCUT2D eigenvalue weighted by molar-refractivity contribution is -0.160. The zero-order valence-corrected chi connectivity index (χ0v) is 31.4. The molecule has 6 heteroatoms. The van der Waals surface area contributed by atoms with E-state index < -0.39 is 36.0 Å². The van der Waals surface area contributed by atoms with Gasteiger partial charge in [-0.1, -0.05) is 200 Å². The van der Waals surface area contributed by atoms with Gasteiger partial charge in [0.05, 0.1) is 25.9 Å². The Kier molecular flexibility index (Phi) is 13.0. The molecule has 7 rings (SSSR count). The van der Waals surface area contributed by atoms with Crippen molar-refractivity contribution in [3.8, 4) is 0 Å². The van der Waals surface area contributed by atoms with E-state index in [1.807, 2.05) is 158 Å². The van der Waals surface area contributed by atoms with Gasteiger partial charge in [0.25, 0.3) is 0 Å². The molecular weight excluding hydrogens is 695 g/mol. The van der Waals surface area contributed by atoms with Crippen LogP contribution in [0.3, 0.4) is 0 Å². The van der Waals surface area contributed by atoms with E-state index in [4.69, 9.17) is 18.9 Å². The van der Waals surface area contributed by atoms with Crippen molar-refractivity contribution in [1.29, 1.82) is 0 Å². The molecule has 0 aromatic heterocycles. The monoisotopic (exact) mass is 741 g/mol. The third-order valence-corrected chi connectivity index (χ3v) is 10.1. The van der Waals surface area contributed by atoms with Crippen LogP contribution in [0.1, 0.15) is 33.4 Å². The predicted molar refractivity (Wildman–Crippen MR) is 222 cm³/mol. The van der Waals surface area contributed by atoms with Crippen LogP contribution in [-0.4, -0.2) is 48.5 Å². The molecule has 4 atom stereocenters. The fourth-order valence-corrected chi connectivity index (χ4v) is 7.31. The number of rotatable bonds is 18. The van der Waals surface area contributed by atoms with Gasteiger partial charge in [-0.15, -0.1) is 6.58 Å². The molecule has 0 spiro atoms. The van der Waals surface area contributed by atoms with Crippen molar-refractivity contribution in [3.05, 3.63) is 234 Å². The van der Waals surface area contributed by atoms with Crippen molar-refractivity contribution >= 4 is 12.2 Å². The summed E-state index contributed by atoms with van der Waals surface area (Å²) in [6.45, 7) is 4.90. The molecule has 0 bridgehead atoms. The maximum absolute atomic E-state index is 13.7. The van der Waals surface area contributed by atoms with E-state index in [1.165, 1.54) is 0 Å². The van der Waals surface area contributed by atoms with Gasteiger partial charge in [0.1, 0.15) is 17.8 Å². The van der Waals surface area contributed by atoms with Gasteiger partial charge in [-0.3, -0.25) is 4.90 Å². The van der Waals surface area contributed by atoms with Gasteiger partial charge in [-0.25, -0.2) is 4.79 Å². The van der Waals surface area contributed by atoms with E-state index in [-0.39, 0.29) is 19.8 Å². The molecule has 1 aliphatic heterocycles. The summed E-state index contributed by atoms with van der Waals surface area (Å²) in [5.41, 5.74) is 4.87. The highest BCUT2D eigenvalue weighted by atomic mass is 16.6. The summed E-state index contributed by atoms with van der Waals surface area (Å²) >= 11 is 0. The first-order chi connectivity index (χ1) is 27.7. The second-order valence-corrected chi connectivity index (χ2v) is 13.7. The Bertz CT molecular complexity index is 2020. The Labute approximate surface area is 330 Å². The van der Waals surface area contributed by atoms with Gasteiger partial charge >= 0.3 is 6.09 Å². The highest BCUT2D eigenvalue weighted by Gasteiger charge is 2.49. The summed E-state index contributed by atoms with van der Waals surface area (Å²) in [7, 11) is 0. The fraction of sp³-hybridized carbons (Fsp3) is 0.180. The van der Waals surface area contributed by atoms with E-state index in [2.05, 4.69) is 43.0 Å². The second-order valence-electron chi connectivity index (χ2n) is 13.7. The molecule has 6 aromatic carbocycles. The van der Waals surface area contributed by atoms with Crippen molar-refractivity contribution in [1.82, 2.24) is 4.90 Å². The Balaban J connectivity index is 1.33. The van der Waals surface area contributed by atoms with Crippen molar-refractivity contribution in [3.63, 3.8) is 0 Å². The summed E-state index contributed by atoms with van der Waals surface area (Å²) in [6, 6.07) is 60.4. The average molecular weight is 742 g/mol. The summed E-state index contributed by atoms with van der Waals surface area (Å²) in [5.74, 6) is 0. The van der Waals surface area contributed by atoms with Gasteiger partial charge < -0.3 is 18.9 Å². The van der Waals surface area contributed by atoms with E-state index in [0.29, 0.717) is 6.54 Å². The number of carbonyl (C=O) groups excluding carboxylic acids is 1. The van der Waals surface area contributed by atoms with Gasteiger partial charge in [-0.05, 0) is 33.4 Å². The minimum Gasteiger partial charge on any atom is -0.441 e. The average Bonchev–Trinajstić information content (AvgIpc) is 3.57. The van der Waals surface area contributed by atoms with Crippen LogP contribution in [0.15, 0.2) is 201 Å². The largest absolute Gasteiger partial charge is 0.441 e. The summed E-state index contributed by atoms with van der Waals surface area (Å²) in [6.07, 6.45) is 3.09. The van der Waals surface area contributed by atoms with Crippen molar-refractivity contribution in [2.24, 2.45) is 0 Å². The summed E-state index contributed by atoms with van der Waals surface area (Å²) in [4.78, 5) is 15.4. The minimum absolute atomic E-state index is 0.0929. The lowest BCUT2D eigenvalue weighted by Crippen LogP contribution is -2.50. The van der Waals surface area contributed by atoms with Crippen LogP contribution in [0.5, 0.6) is 0 Å². The Morgan fingerprint density at radius 2 is 1.07 bits per heavy atom. The zero-order chi connectivity index (χ0) is 38.4. The first-order valence-electron chi connectivity index (χ1n) is 19.1. The van der Waals surface area contributed by atoms with Crippen LogP contribution in [0.4, 0.5) is 4.79 Å².